The van der Waals surface area contributed by atoms with Gasteiger partial charge >= 0.3 is 5.97 Å². The number of carbonyl (C=O) groups is 1. The average molecular weight is 276 g/mol. The molecule has 1 unspecified atom stereocenters. The number of nitrogens with one attached hydrogen (secondary N) is 1. The number of carboxylic acid groups (broad SMARTS) is 1. The first kappa shape index (κ1) is 12.9. The van der Waals surface area contributed by atoms with Gasteiger partial charge in [0.2, 0.25) is 0 Å². The average Bonchev–Trinajstić information content (AvgIpc) is 3.06. The van der Waals surface area contributed by atoms with E-state index in [2.05, 4.69) is 15.4 Å². The summed E-state index contributed by atoms with van der Waals surface area (Å²) < 4.78 is 7.17. The first-order chi connectivity index (χ1) is 9.66. The fourth-order valence-corrected chi connectivity index (χ4v) is 2.47. The van der Waals surface area contributed by atoms with E-state index < -0.39 is 5.97 Å². The number of rotatable bonds is 4. The Hall–Kier alpha value is -2.15. The molecule has 1 aliphatic rings. The van der Waals surface area contributed by atoms with Gasteiger partial charge in [-0.3, -0.25) is 4.68 Å². The van der Waals surface area contributed by atoms with E-state index in [0.717, 1.165) is 19.4 Å². The molecular formula is C13H16N4O3. The van der Waals surface area contributed by atoms with Crippen molar-refractivity contribution >= 4 is 22.7 Å². The largest absolute Gasteiger partial charge is 0.478 e. The summed E-state index contributed by atoms with van der Waals surface area (Å²) in [5, 5.41) is 17.3. The maximum Gasteiger partial charge on any atom is 0.339 e. The smallest absolute Gasteiger partial charge is 0.339 e. The van der Waals surface area contributed by atoms with E-state index in [0.29, 0.717) is 23.3 Å². The molecule has 1 saturated heterocycles. The number of ether oxygens (including phenoxy) is 1. The van der Waals surface area contributed by atoms with Crippen molar-refractivity contribution in [3.8, 4) is 0 Å². The second kappa shape index (κ2) is 5.09. The van der Waals surface area contributed by atoms with Gasteiger partial charge < -0.3 is 15.2 Å². The molecule has 106 valence electrons. The summed E-state index contributed by atoms with van der Waals surface area (Å²) in [6.45, 7) is 1.37. The van der Waals surface area contributed by atoms with Crippen LogP contribution >= 0.6 is 0 Å². The van der Waals surface area contributed by atoms with Gasteiger partial charge in [-0.05, 0) is 12.8 Å². The Morgan fingerprint density at radius 2 is 2.45 bits per heavy atom. The molecule has 3 heterocycles. The van der Waals surface area contributed by atoms with E-state index >= 15 is 0 Å². The number of aromatic nitrogens is 3. The monoisotopic (exact) mass is 276 g/mol. The number of carboxylic acids is 1. The molecule has 1 fully saturated rings. The number of aromatic carboxylic acids is 1. The second-order valence-corrected chi connectivity index (χ2v) is 4.87. The molecule has 1 atom stereocenters. The van der Waals surface area contributed by atoms with Gasteiger partial charge in [-0.1, -0.05) is 0 Å². The SMILES string of the molecule is Cn1ncc2c(NCC3CCCO3)c(C(=O)O)cnc21. The van der Waals surface area contributed by atoms with Crippen molar-refractivity contribution in [3.05, 3.63) is 18.0 Å². The van der Waals surface area contributed by atoms with Crippen LogP contribution in [-0.4, -0.2) is 45.1 Å². The lowest BCUT2D eigenvalue weighted by atomic mass is 10.1. The zero-order chi connectivity index (χ0) is 14.1. The zero-order valence-corrected chi connectivity index (χ0v) is 11.2. The van der Waals surface area contributed by atoms with E-state index in [4.69, 9.17) is 4.74 Å². The summed E-state index contributed by atoms with van der Waals surface area (Å²) in [7, 11) is 1.78. The first-order valence-corrected chi connectivity index (χ1v) is 6.56. The van der Waals surface area contributed by atoms with Crippen LogP contribution in [0.3, 0.4) is 0 Å². The quantitative estimate of drug-likeness (QED) is 0.873. The normalized spacial score (nSPS) is 18.6. The summed E-state index contributed by atoms with van der Waals surface area (Å²) in [5.74, 6) is -1.00. The molecule has 0 amide bonds. The summed E-state index contributed by atoms with van der Waals surface area (Å²) >= 11 is 0. The molecule has 0 radical (unpaired) electrons. The molecule has 0 aromatic carbocycles. The molecule has 0 bridgehead atoms. The number of nitrogens with zero attached hydrogens (tertiary/aromatic N) is 3. The Balaban J connectivity index is 1.96. The number of hydrogen-bond donors (Lipinski definition) is 2. The fourth-order valence-electron chi connectivity index (χ4n) is 2.47. The lowest BCUT2D eigenvalue weighted by Gasteiger charge is -2.14. The van der Waals surface area contributed by atoms with Crippen LogP contribution in [0.25, 0.3) is 11.0 Å². The summed E-state index contributed by atoms with van der Waals surface area (Å²) in [6.07, 6.45) is 5.18. The minimum Gasteiger partial charge on any atom is -0.478 e. The van der Waals surface area contributed by atoms with Crippen LogP contribution in [0.2, 0.25) is 0 Å². The van der Waals surface area contributed by atoms with E-state index in [1.807, 2.05) is 0 Å². The molecule has 3 rings (SSSR count). The lowest BCUT2D eigenvalue weighted by Crippen LogP contribution is -2.20. The Morgan fingerprint density at radius 3 is 3.15 bits per heavy atom. The van der Waals surface area contributed by atoms with Crippen LogP contribution < -0.4 is 5.32 Å². The Labute approximate surface area is 115 Å². The molecule has 2 aromatic heterocycles. The fraction of sp³-hybridized carbons (Fsp3) is 0.462. The maximum atomic E-state index is 11.3. The van der Waals surface area contributed by atoms with Gasteiger partial charge in [-0.15, -0.1) is 0 Å². The standard InChI is InChI=1S/C13H16N4O3/c1-17-12-9(7-16-17)11(10(6-15-12)13(18)19)14-5-8-3-2-4-20-8/h6-8H,2-5H2,1H3,(H,14,15)(H,18,19). The minimum absolute atomic E-state index is 0.136. The molecule has 0 aliphatic carbocycles. The first-order valence-electron chi connectivity index (χ1n) is 6.56. The van der Waals surface area contributed by atoms with Gasteiger partial charge in [-0.25, -0.2) is 9.78 Å². The molecule has 7 heteroatoms. The number of fused-ring (bicyclic) bond motifs is 1. The number of aryl methyl sites for hydroxylation is 1. The Kier molecular flexibility index (Phi) is 3.27. The molecule has 0 spiro atoms. The van der Waals surface area contributed by atoms with Gasteiger partial charge in [0, 0.05) is 26.4 Å². The zero-order valence-electron chi connectivity index (χ0n) is 11.2. The highest BCUT2D eigenvalue weighted by Crippen LogP contribution is 2.26. The van der Waals surface area contributed by atoms with E-state index in [9.17, 15) is 9.90 Å². The van der Waals surface area contributed by atoms with Crippen molar-refractivity contribution in [2.75, 3.05) is 18.5 Å². The van der Waals surface area contributed by atoms with Crippen molar-refractivity contribution in [1.82, 2.24) is 14.8 Å². The van der Waals surface area contributed by atoms with Crippen LogP contribution in [0.15, 0.2) is 12.4 Å². The van der Waals surface area contributed by atoms with Gasteiger partial charge in [0.25, 0.3) is 0 Å². The van der Waals surface area contributed by atoms with Crippen LogP contribution in [-0.2, 0) is 11.8 Å². The van der Waals surface area contributed by atoms with Crippen LogP contribution in [0.4, 0.5) is 5.69 Å². The highest BCUT2D eigenvalue weighted by molar-refractivity contribution is 6.03. The minimum atomic E-state index is -1.00. The van der Waals surface area contributed by atoms with Gasteiger partial charge in [0.05, 0.1) is 23.4 Å². The van der Waals surface area contributed by atoms with E-state index in [1.54, 1.807) is 17.9 Å². The lowest BCUT2D eigenvalue weighted by molar-refractivity contribution is 0.0697. The molecular weight excluding hydrogens is 260 g/mol. The summed E-state index contributed by atoms with van der Waals surface area (Å²) in [6, 6.07) is 0. The van der Waals surface area contributed by atoms with Crippen LogP contribution in [0.1, 0.15) is 23.2 Å². The molecule has 0 saturated carbocycles. The van der Waals surface area contributed by atoms with Gasteiger partial charge in [0.15, 0.2) is 5.65 Å². The van der Waals surface area contributed by atoms with Gasteiger partial charge in [-0.2, -0.15) is 5.10 Å². The predicted octanol–water partition coefficient (Wildman–Crippen LogP) is 1.26. The molecule has 20 heavy (non-hydrogen) atoms. The number of hydrogen-bond acceptors (Lipinski definition) is 5. The van der Waals surface area contributed by atoms with Crippen molar-refractivity contribution < 1.29 is 14.6 Å². The third-order valence-electron chi connectivity index (χ3n) is 3.52. The highest BCUT2D eigenvalue weighted by atomic mass is 16.5. The molecule has 7 nitrogen and oxygen atoms in total. The van der Waals surface area contributed by atoms with Crippen LogP contribution in [0.5, 0.6) is 0 Å². The molecule has 2 aromatic rings. The molecule has 1 aliphatic heterocycles. The van der Waals surface area contributed by atoms with Gasteiger partial charge in [0.1, 0.15) is 5.56 Å². The van der Waals surface area contributed by atoms with Crippen molar-refractivity contribution in [2.45, 2.75) is 18.9 Å². The second-order valence-electron chi connectivity index (χ2n) is 4.87. The maximum absolute atomic E-state index is 11.3. The summed E-state index contributed by atoms with van der Waals surface area (Å²) in [5.41, 5.74) is 1.37. The topological polar surface area (TPSA) is 89.3 Å². The Morgan fingerprint density at radius 1 is 1.60 bits per heavy atom. The Bertz CT molecular complexity index is 646. The predicted molar refractivity (Wildman–Crippen MR) is 72.9 cm³/mol. The van der Waals surface area contributed by atoms with Crippen molar-refractivity contribution in [2.24, 2.45) is 7.05 Å². The summed E-state index contributed by atoms with van der Waals surface area (Å²) in [4.78, 5) is 15.5. The van der Waals surface area contributed by atoms with Crippen LogP contribution in [0, 0.1) is 0 Å². The number of pyridine rings is 1. The van der Waals surface area contributed by atoms with E-state index in [1.165, 1.54) is 6.20 Å². The third-order valence-corrected chi connectivity index (χ3v) is 3.52. The third kappa shape index (κ3) is 2.20. The van der Waals surface area contributed by atoms with E-state index in [-0.39, 0.29) is 11.7 Å². The number of anilines is 1. The van der Waals surface area contributed by atoms with Crippen molar-refractivity contribution in [3.63, 3.8) is 0 Å². The van der Waals surface area contributed by atoms with Crippen molar-refractivity contribution in [1.29, 1.82) is 0 Å². The molecule has 2 N–H and O–H groups in total. The highest BCUT2D eigenvalue weighted by Gasteiger charge is 2.20.